The van der Waals surface area contributed by atoms with E-state index in [1.54, 1.807) is 19.2 Å². The van der Waals surface area contributed by atoms with E-state index in [-0.39, 0.29) is 11.9 Å². The molecule has 4 N–H and O–H groups in total. The predicted molar refractivity (Wildman–Crippen MR) is 114 cm³/mol. The van der Waals surface area contributed by atoms with E-state index in [1.165, 1.54) is 11.3 Å². The molecule has 1 amide bonds. The lowest BCUT2D eigenvalue weighted by Gasteiger charge is -2.13. The first kappa shape index (κ1) is 19.7. The minimum Gasteiger partial charge on any atom is -0.397 e. The van der Waals surface area contributed by atoms with Crippen LogP contribution in [0.25, 0.3) is 21.5 Å². The van der Waals surface area contributed by atoms with E-state index in [0.29, 0.717) is 42.5 Å². The number of anilines is 2. The van der Waals surface area contributed by atoms with Crippen molar-refractivity contribution >= 4 is 62.3 Å². The second-order valence-electron chi connectivity index (χ2n) is 6.08. The van der Waals surface area contributed by atoms with Crippen LogP contribution in [-0.4, -0.2) is 29.0 Å². The first-order valence-corrected chi connectivity index (χ1v) is 9.97. The van der Waals surface area contributed by atoms with Gasteiger partial charge in [0.05, 0.1) is 26.8 Å². The fourth-order valence-electron chi connectivity index (χ4n) is 2.54. The number of carbonyl (C=O) groups excluding carboxylic acids is 1. The van der Waals surface area contributed by atoms with Gasteiger partial charge in [-0.05, 0) is 25.5 Å². The molecule has 0 aliphatic rings. The van der Waals surface area contributed by atoms with Gasteiger partial charge in [0.2, 0.25) is 5.95 Å². The number of hydrogen-bond donors (Lipinski definition) is 3. The zero-order valence-electron chi connectivity index (χ0n) is 15.1. The van der Waals surface area contributed by atoms with Gasteiger partial charge < -0.3 is 16.4 Å². The largest absolute Gasteiger partial charge is 0.397 e. The van der Waals surface area contributed by atoms with E-state index < -0.39 is 0 Å². The molecule has 0 bridgehead atoms. The molecular formula is C18H19Cl2N5OS. The van der Waals surface area contributed by atoms with Gasteiger partial charge in [-0.25, -0.2) is 9.97 Å². The molecule has 3 rings (SSSR count). The summed E-state index contributed by atoms with van der Waals surface area (Å²) in [5.41, 5.74) is 7.99. The number of nitrogen functional groups attached to an aromatic ring is 1. The van der Waals surface area contributed by atoms with E-state index >= 15 is 0 Å². The van der Waals surface area contributed by atoms with Crippen LogP contribution in [-0.2, 0) is 0 Å². The highest BCUT2D eigenvalue weighted by Gasteiger charge is 2.22. The lowest BCUT2D eigenvalue weighted by molar-refractivity contribution is 0.0968. The molecule has 2 heterocycles. The van der Waals surface area contributed by atoms with Crippen molar-refractivity contribution in [2.45, 2.75) is 26.3 Å². The van der Waals surface area contributed by atoms with Gasteiger partial charge in [0, 0.05) is 18.7 Å². The molecule has 0 radical (unpaired) electrons. The van der Waals surface area contributed by atoms with Crippen LogP contribution >= 0.6 is 34.5 Å². The average Bonchev–Trinajstić information content (AvgIpc) is 2.99. The van der Waals surface area contributed by atoms with Crippen LogP contribution in [0.2, 0.25) is 10.0 Å². The maximum atomic E-state index is 12.2. The number of nitrogens with one attached hydrogen (secondary N) is 2. The van der Waals surface area contributed by atoms with Crippen molar-refractivity contribution in [2.75, 3.05) is 18.1 Å². The van der Waals surface area contributed by atoms with Crippen LogP contribution in [0.15, 0.2) is 18.2 Å². The molecule has 0 aliphatic heterocycles. The molecule has 27 heavy (non-hydrogen) atoms. The summed E-state index contributed by atoms with van der Waals surface area (Å²) < 4.78 is 0. The second kappa shape index (κ2) is 7.88. The summed E-state index contributed by atoms with van der Waals surface area (Å²) in [5.74, 6) is 0.217. The number of nitrogens with zero attached hydrogens (tertiary/aromatic N) is 2. The molecule has 3 aromatic rings. The highest BCUT2D eigenvalue weighted by molar-refractivity contribution is 7.21. The quantitative estimate of drug-likeness (QED) is 0.546. The smallest absolute Gasteiger partial charge is 0.263 e. The number of nitrogens with two attached hydrogens (primary N) is 1. The molecule has 9 heteroatoms. The first-order valence-electron chi connectivity index (χ1n) is 8.39. The normalized spacial score (nSPS) is 12.2. The molecule has 0 fully saturated rings. The zero-order valence-corrected chi connectivity index (χ0v) is 17.4. The van der Waals surface area contributed by atoms with Crippen molar-refractivity contribution in [3.05, 3.63) is 33.1 Å². The Morgan fingerprint density at radius 1 is 1.30 bits per heavy atom. The Bertz CT molecular complexity index is 1020. The number of amides is 1. The topological polar surface area (TPSA) is 92.9 Å². The van der Waals surface area contributed by atoms with Crippen molar-refractivity contribution in [1.82, 2.24) is 15.3 Å². The fourth-order valence-corrected chi connectivity index (χ4v) is 3.88. The fraction of sp³-hybridized carbons (Fsp3) is 0.278. The molecule has 1 aromatic carbocycles. The Kier molecular flexibility index (Phi) is 5.74. The van der Waals surface area contributed by atoms with Crippen molar-refractivity contribution in [2.24, 2.45) is 0 Å². The molecule has 0 spiro atoms. The van der Waals surface area contributed by atoms with Gasteiger partial charge in [-0.15, -0.1) is 11.3 Å². The van der Waals surface area contributed by atoms with Crippen molar-refractivity contribution < 1.29 is 4.79 Å². The van der Waals surface area contributed by atoms with E-state index in [4.69, 9.17) is 28.9 Å². The number of hydrogen-bond acceptors (Lipinski definition) is 6. The molecule has 2 aromatic heterocycles. The van der Waals surface area contributed by atoms with Gasteiger partial charge in [-0.2, -0.15) is 0 Å². The maximum Gasteiger partial charge on any atom is 0.263 e. The van der Waals surface area contributed by atoms with Gasteiger partial charge in [-0.3, -0.25) is 4.79 Å². The highest BCUT2D eigenvalue weighted by Crippen LogP contribution is 2.40. The lowest BCUT2D eigenvalue weighted by atomic mass is 10.1. The van der Waals surface area contributed by atoms with Gasteiger partial charge in [-0.1, -0.05) is 36.2 Å². The monoisotopic (exact) mass is 423 g/mol. The number of thiophene rings is 1. The summed E-state index contributed by atoms with van der Waals surface area (Å²) in [6.07, 6.45) is 0.916. The number of halogens is 2. The SMILES string of the molecule is CCC(C)Nc1nc(-c2ccc(Cl)c(Cl)c2)c2c(N)c(C(=O)NC)sc2n1. The highest BCUT2D eigenvalue weighted by atomic mass is 35.5. The van der Waals surface area contributed by atoms with E-state index in [0.717, 1.165) is 12.0 Å². The third kappa shape index (κ3) is 3.81. The van der Waals surface area contributed by atoms with Gasteiger partial charge in [0.25, 0.3) is 5.91 Å². The molecule has 0 saturated carbocycles. The standard InChI is InChI=1S/C18H19Cl2N5OS/c1-4-8(2)23-18-24-14(9-5-6-10(19)11(20)7-9)12-13(21)15(16(26)22-3)27-17(12)25-18/h5-8H,4,21H2,1-3H3,(H,22,26)(H,23,24,25). The van der Waals surface area contributed by atoms with Gasteiger partial charge in [0.1, 0.15) is 9.71 Å². The number of rotatable bonds is 5. The molecular weight excluding hydrogens is 405 g/mol. The van der Waals surface area contributed by atoms with E-state index in [9.17, 15) is 4.79 Å². The maximum absolute atomic E-state index is 12.2. The predicted octanol–water partition coefficient (Wildman–Crippen LogP) is 4.82. The number of carbonyl (C=O) groups is 1. The molecule has 0 aliphatic carbocycles. The summed E-state index contributed by atoms with van der Waals surface area (Å²) in [6, 6.07) is 5.45. The minimum absolute atomic E-state index is 0.194. The molecule has 142 valence electrons. The van der Waals surface area contributed by atoms with Crippen molar-refractivity contribution in [1.29, 1.82) is 0 Å². The van der Waals surface area contributed by atoms with Crippen LogP contribution < -0.4 is 16.4 Å². The van der Waals surface area contributed by atoms with Gasteiger partial charge >= 0.3 is 0 Å². The third-order valence-corrected chi connectivity index (χ3v) is 6.04. The number of benzene rings is 1. The van der Waals surface area contributed by atoms with Crippen LogP contribution in [0.5, 0.6) is 0 Å². The molecule has 6 nitrogen and oxygen atoms in total. The van der Waals surface area contributed by atoms with Crippen LogP contribution in [0.3, 0.4) is 0 Å². The summed E-state index contributed by atoms with van der Waals surface area (Å²) in [4.78, 5) is 22.4. The Balaban J connectivity index is 2.28. The van der Waals surface area contributed by atoms with E-state index in [1.807, 2.05) is 13.0 Å². The number of aromatic nitrogens is 2. The van der Waals surface area contributed by atoms with Crippen LogP contribution in [0.1, 0.15) is 29.9 Å². The average molecular weight is 424 g/mol. The molecule has 1 unspecified atom stereocenters. The summed E-state index contributed by atoms with van der Waals surface area (Å²) >= 11 is 13.5. The summed E-state index contributed by atoms with van der Waals surface area (Å²) in [5, 5.41) is 7.38. The third-order valence-electron chi connectivity index (χ3n) is 4.20. The second-order valence-corrected chi connectivity index (χ2v) is 7.90. The Labute approximate surface area is 171 Å². The van der Waals surface area contributed by atoms with Crippen molar-refractivity contribution in [3.63, 3.8) is 0 Å². The van der Waals surface area contributed by atoms with Crippen LogP contribution in [0.4, 0.5) is 11.6 Å². The van der Waals surface area contributed by atoms with Crippen LogP contribution in [0, 0.1) is 0 Å². The van der Waals surface area contributed by atoms with E-state index in [2.05, 4.69) is 27.5 Å². The zero-order chi connectivity index (χ0) is 19.7. The summed E-state index contributed by atoms with van der Waals surface area (Å²) in [6.45, 7) is 4.12. The number of fused-ring (bicyclic) bond motifs is 1. The molecule has 1 atom stereocenters. The lowest BCUT2D eigenvalue weighted by Crippen LogP contribution is -2.17. The van der Waals surface area contributed by atoms with Crippen molar-refractivity contribution in [3.8, 4) is 11.3 Å². The molecule has 0 saturated heterocycles. The first-order chi connectivity index (χ1) is 12.8. The van der Waals surface area contributed by atoms with Gasteiger partial charge in [0.15, 0.2) is 0 Å². The Morgan fingerprint density at radius 3 is 2.67 bits per heavy atom. The minimum atomic E-state index is -0.257. The Morgan fingerprint density at radius 2 is 2.04 bits per heavy atom. The Hall–Kier alpha value is -2.09. The summed E-state index contributed by atoms with van der Waals surface area (Å²) in [7, 11) is 1.56.